The third-order valence-electron chi connectivity index (χ3n) is 0. The normalized spacial score (nSPS) is 0. The summed E-state index contributed by atoms with van der Waals surface area (Å²) in [4.78, 5) is 0. The molecule has 0 aliphatic rings. The summed E-state index contributed by atoms with van der Waals surface area (Å²) < 4.78 is 0. The Kier molecular flexibility index (Phi) is 15000. The van der Waals surface area contributed by atoms with E-state index in [4.69, 9.17) is 0 Å². The van der Waals surface area contributed by atoms with Gasteiger partial charge in [-0.25, -0.2) is 0 Å². The maximum atomic E-state index is 0. The largest absolute Gasteiger partial charge is 0.693 e. The van der Waals surface area contributed by atoms with Gasteiger partial charge in [0.1, 0.15) is 0 Å². The van der Waals surface area contributed by atoms with E-state index in [0.29, 0.717) is 0 Å². The summed E-state index contributed by atoms with van der Waals surface area (Å²) in [6, 6.07) is 0. The Labute approximate surface area is 47.3 Å². The molecule has 41 valence electrons. The molecule has 0 saturated heterocycles. The van der Waals surface area contributed by atoms with Crippen LogP contribution >= 0.6 is 0 Å². The fourth-order valence-electron chi connectivity index (χ4n) is 0. The molecule has 0 spiro atoms. The van der Waals surface area contributed by atoms with E-state index >= 15 is 0 Å². The van der Waals surface area contributed by atoms with E-state index in [1.165, 1.54) is 0 Å². The predicted molar refractivity (Wildman–Crippen MR) is 23.4 cm³/mol. The van der Waals surface area contributed by atoms with E-state index in [9.17, 15) is 0 Å². The summed E-state index contributed by atoms with van der Waals surface area (Å²) in [7, 11) is 0. The fourth-order valence-corrected chi connectivity index (χ4v) is 0. The Bertz CT molecular complexity index is 7.61. The van der Waals surface area contributed by atoms with Crippen molar-refractivity contribution < 1.29 is 19.5 Å². The molecule has 0 aromatic heterocycles. The number of nitrogens with two attached hydrogens (primary N) is 2. The zero-order valence-corrected chi connectivity index (χ0v) is 5.13. The van der Waals surface area contributed by atoms with Crippen LogP contribution < -0.4 is 0 Å². The molecule has 0 saturated carbocycles. The topological polar surface area (TPSA) is 67.0 Å². The van der Waals surface area contributed by atoms with Crippen molar-refractivity contribution in [2.75, 3.05) is 0 Å². The standard InChI is InChI=1S/2CH3.2H2N.Rh/h2*1H3;2*1H2;/q4*-1;. The van der Waals surface area contributed by atoms with Gasteiger partial charge in [0.25, 0.3) is 0 Å². The minimum absolute atomic E-state index is 0. The van der Waals surface area contributed by atoms with Crippen molar-refractivity contribution in [3.8, 4) is 0 Å². The summed E-state index contributed by atoms with van der Waals surface area (Å²) in [5.74, 6) is 0. The maximum Gasteiger partial charge on any atom is 0 e. The summed E-state index contributed by atoms with van der Waals surface area (Å²) in [6.07, 6.45) is 0. The molecule has 0 bridgehead atoms. The molecule has 2 nitrogen and oxygen atoms in total. The summed E-state index contributed by atoms with van der Waals surface area (Å²) in [5, 5.41) is 0. The summed E-state index contributed by atoms with van der Waals surface area (Å²) in [5.41, 5.74) is 0. The van der Waals surface area contributed by atoms with E-state index in [1.807, 2.05) is 0 Å². The van der Waals surface area contributed by atoms with Crippen molar-refractivity contribution in [1.82, 2.24) is 0 Å². The van der Waals surface area contributed by atoms with Gasteiger partial charge in [0.2, 0.25) is 0 Å². The average molecular weight is 165 g/mol. The Morgan fingerprint density at radius 2 is 0.600 bits per heavy atom. The van der Waals surface area contributed by atoms with Crippen LogP contribution in [0.5, 0.6) is 0 Å². The molecule has 0 aromatic carbocycles. The van der Waals surface area contributed by atoms with E-state index < -0.39 is 0 Å². The SMILES string of the molecule is [CH3-].[CH3-].[NH2-].[NH2-].[Rh]. The van der Waals surface area contributed by atoms with Gasteiger partial charge < -0.3 is 27.2 Å². The third kappa shape index (κ3) is 99.5. The minimum atomic E-state index is 0. The van der Waals surface area contributed by atoms with Gasteiger partial charge in [-0.2, -0.15) is 0 Å². The predicted octanol–water partition coefficient (Wildman–Crippen LogP) is 2.33. The molecule has 0 heterocycles. The van der Waals surface area contributed by atoms with Crippen molar-refractivity contribution in [3.63, 3.8) is 0 Å². The van der Waals surface area contributed by atoms with Crippen LogP contribution in [0.3, 0.4) is 0 Å². The molecular weight excluding hydrogens is 155 g/mol. The van der Waals surface area contributed by atoms with E-state index in [1.54, 1.807) is 0 Å². The molecule has 0 amide bonds. The second kappa shape index (κ2) is 193. The second-order valence-corrected chi connectivity index (χ2v) is 0. The van der Waals surface area contributed by atoms with E-state index in [0.717, 1.165) is 0 Å². The molecule has 0 rings (SSSR count). The third-order valence-corrected chi connectivity index (χ3v) is 0. The van der Waals surface area contributed by atoms with Gasteiger partial charge in [-0.05, 0) is 0 Å². The van der Waals surface area contributed by atoms with Crippen molar-refractivity contribution in [3.05, 3.63) is 27.2 Å². The maximum absolute atomic E-state index is 0. The smallest absolute Gasteiger partial charge is 0 e. The molecule has 0 atom stereocenters. The van der Waals surface area contributed by atoms with Gasteiger partial charge in [-0.1, -0.05) is 0 Å². The van der Waals surface area contributed by atoms with Gasteiger partial charge >= 0.3 is 0 Å². The summed E-state index contributed by atoms with van der Waals surface area (Å²) >= 11 is 0. The molecule has 5 heavy (non-hydrogen) atoms. The van der Waals surface area contributed by atoms with Gasteiger partial charge in [0, 0.05) is 19.5 Å². The van der Waals surface area contributed by atoms with Crippen LogP contribution in [0.25, 0.3) is 12.3 Å². The van der Waals surface area contributed by atoms with Crippen LogP contribution in [0.4, 0.5) is 0 Å². The molecule has 0 aliphatic heterocycles. The number of rotatable bonds is 0. The van der Waals surface area contributed by atoms with Gasteiger partial charge in [-0.3, -0.25) is 0 Å². The molecular formula is C2H10N2Rh-4. The van der Waals surface area contributed by atoms with E-state index in [2.05, 4.69) is 0 Å². The molecule has 1 radical (unpaired) electrons. The van der Waals surface area contributed by atoms with Crippen LogP contribution in [0.1, 0.15) is 0 Å². The Balaban J connectivity index is 0. The molecule has 0 aliphatic carbocycles. The first-order chi connectivity index (χ1) is 0. The van der Waals surface area contributed by atoms with Crippen molar-refractivity contribution in [1.29, 1.82) is 0 Å². The fraction of sp³-hybridized carbons (Fsp3) is 0. The molecule has 4 N–H and O–H groups in total. The zero-order chi connectivity index (χ0) is 0. The van der Waals surface area contributed by atoms with Gasteiger partial charge in [0.15, 0.2) is 0 Å². The van der Waals surface area contributed by atoms with Crippen molar-refractivity contribution in [2.24, 2.45) is 0 Å². The average Bonchev–Trinajstić information content (AvgIpc) is 0. The van der Waals surface area contributed by atoms with Crippen LogP contribution in [0.15, 0.2) is 0 Å². The van der Waals surface area contributed by atoms with E-state index in [-0.39, 0.29) is 46.6 Å². The van der Waals surface area contributed by atoms with Crippen LogP contribution in [-0.4, -0.2) is 0 Å². The Morgan fingerprint density at radius 3 is 0.600 bits per heavy atom. The molecule has 3 heteroatoms. The first-order valence-electron chi connectivity index (χ1n) is 0. The quantitative estimate of drug-likeness (QED) is 0.390. The van der Waals surface area contributed by atoms with Crippen molar-refractivity contribution in [2.45, 2.75) is 0 Å². The number of hydrogen-bond acceptors (Lipinski definition) is 0. The molecule has 0 fully saturated rings. The van der Waals surface area contributed by atoms with Gasteiger partial charge in [-0.15, -0.1) is 0 Å². The number of hydrogen-bond donors (Lipinski definition) is 0. The Morgan fingerprint density at radius 1 is 0.600 bits per heavy atom. The molecule has 0 aromatic rings. The summed E-state index contributed by atoms with van der Waals surface area (Å²) in [6.45, 7) is 0. The van der Waals surface area contributed by atoms with Gasteiger partial charge in [0.05, 0.1) is 0 Å². The second-order valence-electron chi connectivity index (χ2n) is 0. The zero-order valence-electron chi connectivity index (χ0n) is 3.49. The Hall–Kier alpha value is 0.543. The first kappa shape index (κ1) is 388. The van der Waals surface area contributed by atoms with Crippen LogP contribution in [0, 0.1) is 14.9 Å². The molecule has 0 unspecified atom stereocenters. The minimum Gasteiger partial charge on any atom is -0.693 e. The first-order valence-corrected chi connectivity index (χ1v) is 0. The van der Waals surface area contributed by atoms with Crippen LogP contribution in [-0.2, 0) is 19.5 Å². The van der Waals surface area contributed by atoms with Crippen molar-refractivity contribution >= 4 is 0 Å². The van der Waals surface area contributed by atoms with Crippen LogP contribution in [0.2, 0.25) is 0 Å². The monoisotopic (exact) mass is 165 g/mol.